The van der Waals surface area contributed by atoms with Gasteiger partial charge in [0.25, 0.3) is 0 Å². The maximum atomic E-state index is 8.16. The number of hydrogen-bond acceptors (Lipinski definition) is 1. The van der Waals surface area contributed by atoms with Gasteiger partial charge in [-0.05, 0) is 25.6 Å². The largest absolute Gasteiger partial charge is 3.00 e. The smallest absolute Gasteiger partial charge is 1.00 e. The maximum Gasteiger partial charge on any atom is 3.00 e. The molecule has 126 valence electrons. The standard InChI is InChI=1S/C17H15.C2H7OSi.2ClH.Zr/c1-12-6-8-14(9-7-12)16-5-3-4-15-10-13(2)11-17(15)16;1-4(2)3;;;/h3-11H,1-2H3;3H,1-2H3;2*1H;/q-1;;;;+3/p-2. The number of aryl methyl sites for hydroxylation is 2. The molecule has 0 aliphatic heterocycles. The summed E-state index contributed by atoms with van der Waals surface area (Å²) in [5.41, 5.74) is 5.27. The number of rotatable bonds is 1. The summed E-state index contributed by atoms with van der Waals surface area (Å²) in [6.07, 6.45) is 0. The molecule has 5 heteroatoms. The van der Waals surface area contributed by atoms with Crippen LogP contribution >= 0.6 is 0 Å². The van der Waals surface area contributed by atoms with E-state index in [4.69, 9.17) is 4.80 Å². The summed E-state index contributed by atoms with van der Waals surface area (Å²) in [5, 5.41) is 2.69. The van der Waals surface area contributed by atoms with E-state index in [1.54, 1.807) is 0 Å². The van der Waals surface area contributed by atoms with Crippen molar-refractivity contribution in [3.8, 4) is 11.1 Å². The van der Waals surface area contributed by atoms with E-state index in [9.17, 15) is 0 Å². The van der Waals surface area contributed by atoms with Crippen molar-refractivity contribution >= 4 is 19.8 Å². The van der Waals surface area contributed by atoms with Gasteiger partial charge in [0.15, 0.2) is 9.04 Å². The van der Waals surface area contributed by atoms with Crippen LogP contribution in [0.1, 0.15) is 11.1 Å². The summed E-state index contributed by atoms with van der Waals surface area (Å²) in [5.74, 6) is 0. The molecule has 0 saturated carbocycles. The predicted molar refractivity (Wildman–Crippen MR) is 94.2 cm³/mol. The van der Waals surface area contributed by atoms with Crippen LogP contribution in [0.3, 0.4) is 0 Å². The average molecular weight is 457 g/mol. The molecule has 0 aromatic heterocycles. The second-order valence-corrected chi connectivity index (χ2v) is 7.55. The van der Waals surface area contributed by atoms with Crippen molar-refractivity contribution < 1.29 is 55.8 Å². The Morgan fingerprint density at radius 3 is 2.00 bits per heavy atom. The third kappa shape index (κ3) is 7.29. The molecule has 0 aliphatic carbocycles. The fraction of sp³-hybridized carbons (Fsp3) is 0.211. The normalized spacial score (nSPS) is 9.25. The molecule has 0 atom stereocenters. The minimum Gasteiger partial charge on any atom is -1.00 e. The topological polar surface area (TPSA) is 20.2 Å². The minimum absolute atomic E-state index is 0. The summed E-state index contributed by atoms with van der Waals surface area (Å²) in [6, 6.07) is 19.8. The first-order valence-corrected chi connectivity index (χ1v) is 9.64. The van der Waals surface area contributed by atoms with Crippen molar-refractivity contribution in [2.24, 2.45) is 0 Å². The minimum atomic E-state index is -0.880. The molecule has 0 heterocycles. The number of benzene rings is 2. The van der Waals surface area contributed by atoms with Gasteiger partial charge in [0.2, 0.25) is 0 Å². The number of halogens is 2. The predicted octanol–water partition coefficient (Wildman–Crippen LogP) is -0.922. The van der Waals surface area contributed by atoms with Crippen LogP contribution in [-0.4, -0.2) is 13.8 Å². The van der Waals surface area contributed by atoms with Gasteiger partial charge in [0.05, 0.1) is 0 Å². The Balaban J connectivity index is 0. The number of hydrogen-bond donors (Lipinski definition) is 1. The molecule has 0 aliphatic rings. The van der Waals surface area contributed by atoms with Gasteiger partial charge in [-0.25, -0.2) is 0 Å². The Labute approximate surface area is 178 Å². The van der Waals surface area contributed by atoms with Crippen molar-refractivity contribution in [1.29, 1.82) is 0 Å². The van der Waals surface area contributed by atoms with Gasteiger partial charge in [-0.2, -0.15) is 6.07 Å². The molecule has 1 N–H and O–H groups in total. The van der Waals surface area contributed by atoms with E-state index >= 15 is 0 Å². The van der Waals surface area contributed by atoms with Crippen LogP contribution in [0, 0.1) is 13.8 Å². The Morgan fingerprint density at radius 1 is 0.917 bits per heavy atom. The van der Waals surface area contributed by atoms with Crippen LogP contribution in [0.4, 0.5) is 0 Å². The molecule has 3 aromatic rings. The van der Waals surface area contributed by atoms with Crippen molar-refractivity contribution in [3.05, 3.63) is 65.7 Å². The molecule has 0 unspecified atom stereocenters. The van der Waals surface area contributed by atoms with Crippen LogP contribution in [-0.2, 0) is 26.2 Å². The van der Waals surface area contributed by atoms with E-state index < -0.39 is 9.04 Å². The van der Waals surface area contributed by atoms with Crippen molar-refractivity contribution in [2.75, 3.05) is 0 Å². The first-order chi connectivity index (χ1) is 9.97. The molecule has 2 radical (unpaired) electrons. The van der Waals surface area contributed by atoms with Gasteiger partial charge >= 0.3 is 26.2 Å². The van der Waals surface area contributed by atoms with E-state index in [0.29, 0.717) is 0 Å². The van der Waals surface area contributed by atoms with Crippen LogP contribution in [0.2, 0.25) is 13.1 Å². The van der Waals surface area contributed by atoms with E-state index in [0.717, 1.165) is 0 Å². The number of fused-ring (bicyclic) bond motifs is 1. The van der Waals surface area contributed by atoms with Crippen molar-refractivity contribution in [3.63, 3.8) is 0 Å². The third-order valence-corrected chi connectivity index (χ3v) is 3.26. The van der Waals surface area contributed by atoms with Crippen LogP contribution < -0.4 is 24.8 Å². The molecule has 0 spiro atoms. The van der Waals surface area contributed by atoms with Gasteiger partial charge in [0.1, 0.15) is 0 Å². The molecular weight excluding hydrogens is 434 g/mol. The van der Waals surface area contributed by atoms with Crippen LogP contribution in [0.5, 0.6) is 0 Å². The summed E-state index contributed by atoms with van der Waals surface area (Å²) in [6.45, 7) is 7.92. The first kappa shape index (κ1) is 25.9. The molecule has 0 bridgehead atoms. The second-order valence-electron chi connectivity index (χ2n) is 5.65. The Morgan fingerprint density at radius 2 is 1.46 bits per heavy atom. The van der Waals surface area contributed by atoms with Crippen LogP contribution in [0.25, 0.3) is 21.9 Å². The molecular formula is C19H22Cl2OSiZr. The molecule has 0 saturated heterocycles. The third-order valence-electron chi connectivity index (χ3n) is 3.26. The summed E-state index contributed by atoms with van der Waals surface area (Å²) < 4.78 is 0. The summed E-state index contributed by atoms with van der Waals surface area (Å²) in [4.78, 5) is 8.16. The molecule has 0 fully saturated rings. The summed E-state index contributed by atoms with van der Waals surface area (Å²) >= 11 is 0. The van der Waals surface area contributed by atoms with E-state index in [-0.39, 0.29) is 51.0 Å². The monoisotopic (exact) mass is 454 g/mol. The zero-order chi connectivity index (χ0) is 15.4. The first-order valence-electron chi connectivity index (χ1n) is 7.19. The van der Waals surface area contributed by atoms with Crippen molar-refractivity contribution in [2.45, 2.75) is 26.9 Å². The van der Waals surface area contributed by atoms with E-state index in [1.165, 1.54) is 33.0 Å². The SMILES string of the molecule is C[Si](C)O.Cc1ccc(-c2cccc3[cH-]c(C)cc23)cc1.[Cl-].[Cl-].[Zr+3]. The zero-order valence-corrected chi connectivity index (χ0v) is 19.4. The van der Waals surface area contributed by atoms with E-state index in [2.05, 4.69) is 68.4 Å². The Hall–Kier alpha value is -0.310. The molecule has 3 aromatic carbocycles. The van der Waals surface area contributed by atoms with Gasteiger partial charge in [-0.15, -0.1) is 34.5 Å². The summed E-state index contributed by atoms with van der Waals surface area (Å²) in [7, 11) is -0.880. The zero-order valence-electron chi connectivity index (χ0n) is 14.4. The Kier molecular flexibility index (Phi) is 13.1. The molecule has 3 rings (SSSR count). The molecule has 0 amide bonds. The fourth-order valence-corrected chi connectivity index (χ4v) is 2.37. The quantitative estimate of drug-likeness (QED) is 0.371. The van der Waals surface area contributed by atoms with Gasteiger partial charge in [-0.3, -0.25) is 0 Å². The fourth-order valence-electron chi connectivity index (χ4n) is 2.37. The Bertz CT molecular complexity index is 721. The van der Waals surface area contributed by atoms with Gasteiger partial charge in [-0.1, -0.05) is 48.4 Å². The van der Waals surface area contributed by atoms with Crippen LogP contribution in [0.15, 0.2) is 54.6 Å². The maximum absolute atomic E-state index is 8.16. The average Bonchev–Trinajstić information content (AvgIpc) is 2.79. The second kappa shape index (κ2) is 12.1. The van der Waals surface area contributed by atoms with Gasteiger partial charge < -0.3 is 29.6 Å². The molecule has 1 nitrogen and oxygen atoms in total. The van der Waals surface area contributed by atoms with Crippen molar-refractivity contribution in [1.82, 2.24) is 0 Å². The van der Waals surface area contributed by atoms with Gasteiger partial charge in [0, 0.05) is 0 Å². The van der Waals surface area contributed by atoms with E-state index in [1.807, 2.05) is 13.1 Å². The molecule has 24 heavy (non-hydrogen) atoms.